The predicted octanol–water partition coefficient (Wildman–Crippen LogP) is 2.35. The van der Waals surface area contributed by atoms with E-state index in [1.54, 1.807) is 0 Å². The smallest absolute Gasteiger partial charge is 0.251 e. The molecule has 1 fully saturated rings. The van der Waals surface area contributed by atoms with Crippen molar-refractivity contribution in [1.82, 2.24) is 10.2 Å². The molecule has 1 unspecified atom stereocenters. The van der Waals surface area contributed by atoms with Crippen molar-refractivity contribution in [3.63, 3.8) is 0 Å². The van der Waals surface area contributed by atoms with Gasteiger partial charge in [-0.15, -0.1) is 0 Å². The van der Waals surface area contributed by atoms with Gasteiger partial charge in [0.15, 0.2) is 0 Å². The predicted molar refractivity (Wildman–Crippen MR) is 62.9 cm³/mol. The molecule has 0 amide bonds. The average molecular weight is 234 g/mol. The Morgan fingerprint density at radius 2 is 2.00 bits per heavy atom. The topological polar surface area (TPSA) is 15.3 Å². The highest BCUT2D eigenvalue weighted by Crippen LogP contribution is 2.20. The highest BCUT2D eigenvalue weighted by atomic mass is 19.3. The van der Waals surface area contributed by atoms with E-state index in [4.69, 9.17) is 0 Å². The molecular weight excluding hydrogens is 210 g/mol. The fourth-order valence-corrected chi connectivity index (χ4v) is 2.38. The van der Waals surface area contributed by atoms with Gasteiger partial charge in [-0.2, -0.15) is 0 Å². The number of alkyl halides is 2. The Hall–Kier alpha value is -0.220. The molecule has 0 aromatic carbocycles. The summed E-state index contributed by atoms with van der Waals surface area (Å²) in [7, 11) is 0. The molecule has 1 aliphatic heterocycles. The van der Waals surface area contributed by atoms with Gasteiger partial charge in [-0.1, -0.05) is 13.8 Å². The van der Waals surface area contributed by atoms with Gasteiger partial charge in [0.2, 0.25) is 0 Å². The molecule has 0 saturated carbocycles. The molecule has 1 aliphatic rings. The molecule has 96 valence electrons. The van der Waals surface area contributed by atoms with Crippen LogP contribution in [0.1, 0.15) is 34.1 Å². The monoisotopic (exact) mass is 234 g/mol. The van der Waals surface area contributed by atoms with E-state index in [0.29, 0.717) is 12.5 Å². The fraction of sp³-hybridized carbons (Fsp3) is 1.00. The van der Waals surface area contributed by atoms with Crippen LogP contribution in [0.3, 0.4) is 0 Å². The van der Waals surface area contributed by atoms with Gasteiger partial charge < -0.3 is 5.32 Å². The first kappa shape index (κ1) is 13.8. The zero-order chi connectivity index (χ0) is 12.3. The third kappa shape index (κ3) is 4.34. The molecule has 1 atom stereocenters. The number of nitrogens with one attached hydrogen (secondary N) is 1. The van der Waals surface area contributed by atoms with Crippen molar-refractivity contribution in [2.75, 3.05) is 19.6 Å². The van der Waals surface area contributed by atoms with Crippen LogP contribution in [0.2, 0.25) is 0 Å². The molecule has 1 heterocycles. The minimum absolute atomic E-state index is 0.0532. The lowest BCUT2D eigenvalue weighted by molar-refractivity contribution is 0.0216. The van der Waals surface area contributed by atoms with E-state index < -0.39 is 6.43 Å². The summed E-state index contributed by atoms with van der Waals surface area (Å²) in [6.45, 7) is 9.84. The minimum Gasteiger partial charge on any atom is -0.309 e. The first-order valence-corrected chi connectivity index (χ1v) is 6.07. The summed E-state index contributed by atoms with van der Waals surface area (Å²) in [5.74, 6) is 0.549. The van der Waals surface area contributed by atoms with E-state index in [1.807, 2.05) is 4.90 Å². The largest absolute Gasteiger partial charge is 0.309 e. The summed E-state index contributed by atoms with van der Waals surface area (Å²) in [5, 5.41) is 3.43. The minimum atomic E-state index is -2.23. The van der Waals surface area contributed by atoms with Crippen LogP contribution in [0.4, 0.5) is 8.78 Å². The van der Waals surface area contributed by atoms with Gasteiger partial charge in [0.1, 0.15) is 0 Å². The standard InChI is InChI=1S/C12H24F2N2/c1-9(2)5-10-6-15-12(3,4)8-16(10)7-11(13)14/h9-11,15H,5-8H2,1-4H3. The van der Waals surface area contributed by atoms with Crippen molar-refractivity contribution >= 4 is 0 Å². The molecular formula is C12H24F2N2. The van der Waals surface area contributed by atoms with E-state index in [9.17, 15) is 8.78 Å². The molecule has 0 bridgehead atoms. The third-order valence-corrected chi connectivity index (χ3v) is 3.05. The Morgan fingerprint density at radius 3 is 2.50 bits per heavy atom. The molecule has 1 rings (SSSR count). The maximum atomic E-state index is 12.5. The molecule has 4 heteroatoms. The van der Waals surface area contributed by atoms with Gasteiger partial charge in [0.05, 0.1) is 6.54 Å². The van der Waals surface area contributed by atoms with Crippen LogP contribution in [0, 0.1) is 5.92 Å². The molecule has 0 aromatic heterocycles. The lowest BCUT2D eigenvalue weighted by atomic mass is 9.94. The maximum Gasteiger partial charge on any atom is 0.251 e. The first-order valence-electron chi connectivity index (χ1n) is 6.07. The Kier molecular flexibility index (Phi) is 4.68. The van der Waals surface area contributed by atoms with Gasteiger partial charge in [0, 0.05) is 24.7 Å². The Balaban J connectivity index is 2.60. The number of nitrogens with zero attached hydrogens (tertiary/aromatic N) is 1. The lowest BCUT2D eigenvalue weighted by Crippen LogP contribution is -2.62. The molecule has 1 N–H and O–H groups in total. The number of rotatable bonds is 4. The molecule has 0 radical (unpaired) electrons. The first-order chi connectivity index (χ1) is 7.30. The van der Waals surface area contributed by atoms with Crippen LogP contribution >= 0.6 is 0 Å². The highest BCUT2D eigenvalue weighted by Gasteiger charge is 2.33. The normalized spacial score (nSPS) is 26.6. The van der Waals surface area contributed by atoms with Crippen LogP contribution in [-0.2, 0) is 0 Å². The van der Waals surface area contributed by atoms with Gasteiger partial charge in [-0.25, -0.2) is 8.78 Å². The zero-order valence-electron chi connectivity index (χ0n) is 10.8. The maximum absolute atomic E-state index is 12.5. The lowest BCUT2D eigenvalue weighted by Gasteiger charge is -2.45. The van der Waals surface area contributed by atoms with Crippen LogP contribution in [0.25, 0.3) is 0 Å². The molecule has 2 nitrogen and oxygen atoms in total. The second kappa shape index (κ2) is 5.41. The van der Waals surface area contributed by atoms with E-state index in [2.05, 4.69) is 33.0 Å². The van der Waals surface area contributed by atoms with Crippen LogP contribution in [0.15, 0.2) is 0 Å². The van der Waals surface area contributed by atoms with E-state index in [-0.39, 0.29) is 18.1 Å². The Morgan fingerprint density at radius 1 is 1.38 bits per heavy atom. The van der Waals surface area contributed by atoms with Crippen molar-refractivity contribution in [3.05, 3.63) is 0 Å². The number of hydrogen-bond acceptors (Lipinski definition) is 2. The van der Waals surface area contributed by atoms with Crippen LogP contribution < -0.4 is 5.32 Å². The van der Waals surface area contributed by atoms with Crippen LogP contribution in [0.5, 0.6) is 0 Å². The van der Waals surface area contributed by atoms with Crippen molar-refractivity contribution in [1.29, 1.82) is 0 Å². The fourth-order valence-electron chi connectivity index (χ4n) is 2.38. The van der Waals surface area contributed by atoms with Gasteiger partial charge in [0.25, 0.3) is 6.43 Å². The Bertz CT molecular complexity index is 217. The van der Waals surface area contributed by atoms with E-state index in [0.717, 1.165) is 13.0 Å². The number of halogens is 2. The number of piperazine rings is 1. The summed E-state index contributed by atoms with van der Waals surface area (Å²) >= 11 is 0. The van der Waals surface area contributed by atoms with Crippen molar-refractivity contribution < 1.29 is 8.78 Å². The Labute approximate surface area is 97.4 Å². The van der Waals surface area contributed by atoms with Crippen molar-refractivity contribution in [3.8, 4) is 0 Å². The zero-order valence-corrected chi connectivity index (χ0v) is 10.8. The van der Waals surface area contributed by atoms with Crippen molar-refractivity contribution in [2.24, 2.45) is 5.92 Å². The summed E-state index contributed by atoms with van der Waals surface area (Å²) in [5.41, 5.74) is -0.0532. The summed E-state index contributed by atoms with van der Waals surface area (Å²) in [6.07, 6.45) is -1.25. The van der Waals surface area contributed by atoms with Gasteiger partial charge >= 0.3 is 0 Å². The number of hydrogen-bond donors (Lipinski definition) is 1. The molecule has 16 heavy (non-hydrogen) atoms. The second-order valence-electron chi connectivity index (χ2n) is 5.87. The molecule has 0 aromatic rings. The van der Waals surface area contributed by atoms with Crippen molar-refractivity contribution in [2.45, 2.75) is 52.1 Å². The van der Waals surface area contributed by atoms with Crippen LogP contribution in [-0.4, -0.2) is 42.5 Å². The molecule has 1 saturated heterocycles. The summed E-state index contributed by atoms with van der Waals surface area (Å²) in [4.78, 5) is 1.95. The summed E-state index contributed by atoms with van der Waals surface area (Å²) in [6, 6.07) is 0.252. The van der Waals surface area contributed by atoms with Gasteiger partial charge in [-0.3, -0.25) is 4.90 Å². The second-order valence-corrected chi connectivity index (χ2v) is 5.87. The van der Waals surface area contributed by atoms with E-state index in [1.165, 1.54) is 0 Å². The quantitative estimate of drug-likeness (QED) is 0.803. The molecule has 0 spiro atoms. The average Bonchev–Trinajstić information content (AvgIpc) is 2.07. The van der Waals surface area contributed by atoms with Gasteiger partial charge in [-0.05, 0) is 26.2 Å². The SMILES string of the molecule is CC(C)CC1CNC(C)(C)CN1CC(F)F. The highest BCUT2D eigenvalue weighted by molar-refractivity contribution is 4.92. The summed E-state index contributed by atoms with van der Waals surface area (Å²) < 4.78 is 25.0. The van der Waals surface area contributed by atoms with E-state index >= 15 is 0 Å². The third-order valence-electron chi connectivity index (χ3n) is 3.05. The molecule has 0 aliphatic carbocycles.